The van der Waals surface area contributed by atoms with Gasteiger partial charge in [-0.15, -0.1) is 0 Å². The predicted octanol–water partition coefficient (Wildman–Crippen LogP) is 3.15. The molecule has 1 aliphatic heterocycles. The van der Waals surface area contributed by atoms with Gasteiger partial charge in [0, 0.05) is 19.3 Å². The number of benzene rings is 1. The highest BCUT2D eigenvalue weighted by molar-refractivity contribution is 6.33. The third kappa shape index (κ3) is 3.05. The second-order valence-corrected chi connectivity index (χ2v) is 4.99. The summed E-state index contributed by atoms with van der Waals surface area (Å²) in [6.45, 7) is 3.92. The molecular weight excluding hydrogens is 236 g/mol. The van der Waals surface area contributed by atoms with Crippen LogP contribution < -0.4 is 11.1 Å². The molecule has 0 amide bonds. The molecule has 1 heterocycles. The molecule has 0 bridgehead atoms. The van der Waals surface area contributed by atoms with E-state index < -0.39 is 0 Å². The van der Waals surface area contributed by atoms with Crippen molar-refractivity contribution in [3.05, 3.63) is 23.2 Å². The molecule has 4 heteroatoms. The first-order valence-corrected chi connectivity index (χ1v) is 6.44. The van der Waals surface area contributed by atoms with E-state index >= 15 is 0 Å². The number of ether oxygens (including phenoxy) is 1. The number of nitrogens with two attached hydrogens (primary N) is 1. The number of nitrogens with one attached hydrogen (secondary N) is 1. The SMILES string of the molecule is CC(Nc1cccc(Cl)c1N)C1CCOCC1. The monoisotopic (exact) mass is 254 g/mol. The van der Waals surface area contributed by atoms with E-state index in [0.29, 0.717) is 22.7 Å². The van der Waals surface area contributed by atoms with Gasteiger partial charge in [0.25, 0.3) is 0 Å². The van der Waals surface area contributed by atoms with Gasteiger partial charge in [-0.2, -0.15) is 0 Å². The topological polar surface area (TPSA) is 47.3 Å². The Bertz CT molecular complexity index is 378. The number of hydrogen-bond donors (Lipinski definition) is 2. The molecule has 94 valence electrons. The maximum atomic E-state index is 6.00. The molecule has 3 nitrogen and oxygen atoms in total. The molecule has 1 aromatic rings. The van der Waals surface area contributed by atoms with Crippen LogP contribution in [0.5, 0.6) is 0 Å². The van der Waals surface area contributed by atoms with Gasteiger partial charge in [-0.1, -0.05) is 17.7 Å². The van der Waals surface area contributed by atoms with Crippen molar-refractivity contribution in [3.8, 4) is 0 Å². The van der Waals surface area contributed by atoms with Gasteiger partial charge in [-0.3, -0.25) is 0 Å². The summed E-state index contributed by atoms with van der Waals surface area (Å²) in [4.78, 5) is 0. The van der Waals surface area contributed by atoms with Crippen LogP contribution in [0.1, 0.15) is 19.8 Å². The number of para-hydroxylation sites is 1. The van der Waals surface area contributed by atoms with Crippen molar-refractivity contribution in [2.45, 2.75) is 25.8 Å². The zero-order valence-corrected chi connectivity index (χ0v) is 10.8. The molecule has 1 saturated heterocycles. The molecule has 0 radical (unpaired) electrons. The summed E-state index contributed by atoms with van der Waals surface area (Å²) in [5.74, 6) is 0.641. The molecule has 1 unspecified atom stereocenters. The third-order valence-corrected chi connectivity index (χ3v) is 3.74. The first-order chi connectivity index (χ1) is 8.18. The van der Waals surface area contributed by atoms with Crippen molar-refractivity contribution in [1.29, 1.82) is 0 Å². The molecular formula is C13H19ClN2O. The average Bonchev–Trinajstić information content (AvgIpc) is 2.36. The highest BCUT2D eigenvalue weighted by Crippen LogP contribution is 2.29. The van der Waals surface area contributed by atoms with Gasteiger partial charge in [0.05, 0.1) is 16.4 Å². The maximum absolute atomic E-state index is 6.00. The average molecular weight is 255 g/mol. The third-order valence-electron chi connectivity index (χ3n) is 3.41. The Morgan fingerprint density at radius 2 is 2.12 bits per heavy atom. The Morgan fingerprint density at radius 3 is 2.82 bits per heavy atom. The van der Waals surface area contributed by atoms with Crippen molar-refractivity contribution in [3.63, 3.8) is 0 Å². The van der Waals surface area contributed by atoms with Crippen molar-refractivity contribution < 1.29 is 4.74 Å². The minimum Gasteiger partial charge on any atom is -0.396 e. The zero-order valence-electron chi connectivity index (χ0n) is 10.1. The molecule has 1 aromatic carbocycles. The molecule has 0 aromatic heterocycles. The van der Waals surface area contributed by atoms with Gasteiger partial charge in [-0.05, 0) is 37.8 Å². The normalized spacial score (nSPS) is 18.9. The van der Waals surface area contributed by atoms with Crippen LogP contribution in [0.25, 0.3) is 0 Å². The van der Waals surface area contributed by atoms with E-state index in [-0.39, 0.29) is 0 Å². The number of anilines is 2. The lowest BCUT2D eigenvalue weighted by molar-refractivity contribution is 0.0622. The van der Waals surface area contributed by atoms with Crippen LogP contribution in [-0.2, 0) is 4.74 Å². The number of nitrogen functional groups attached to an aromatic ring is 1. The highest BCUT2D eigenvalue weighted by atomic mass is 35.5. The minimum absolute atomic E-state index is 0.389. The number of hydrogen-bond acceptors (Lipinski definition) is 3. The van der Waals surface area contributed by atoms with Crippen LogP contribution in [-0.4, -0.2) is 19.3 Å². The van der Waals surface area contributed by atoms with E-state index in [9.17, 15) is 0 Å². The fourth-order valence-corrected chi connectivity index (χ4v) is 2.42. The Hall–Kier alpha value is -0.930. The summed E-state index contributed by atoms with van der Waals surface area (Å²) in [5, 5.41) is 4.06. The van der Waals surface area contributed by atoms with Gasteiger partial charge in [0.15, 0.2) is 0 Å². The minimum atomic E-state index is 0.389. The van der Waals surface area contributed by atoms with Crippen molar-refractivity contribution in [1.82, 2.24) is 0 Å². The highest BCUT2D eigenvalue weighted by Gasteiger charge is 2.20. The molecule has 1 aliphatic rings. The van der Waals surface area contributed by atoms with E-state index in [0.717, 1.165) is 31.7 Å². The lowest BCUT2D eigenvalue weighted by Crippen LogP contribution is -2.31. The zero-order chi connectivity index (χ0) is 12.3. The Labute approximate surface area is 107 Å². The quantitative estimate of drug-likeness (QED) is 0.815. The summed E-state index contributed by atoms with van der Waals surface area (Å²) in [6, 6.07) is 6.08. The predicted molar refractivity (Wildman–Crippen MR) is 72.5 cm³/mol. The van der Waals surface area contributed by atoms with Crippen LogP contribution in [0.2, 0.25) is 5.02 Å². The van der Waals surface area contributed by atoms with Crippen LogP contribution in [0.3, 0.4) is 0 Å². The van der Waals surface area contributed by atoms with Crippen LogP contribution in [0.4, 0.5) is 11.4 Å². The van der Waals surface area contributed by atoms with Gasteiger partial charge < -0.3 is 15.8 Å². The molecule has 3 N–H and O–H groups in total. The largest absolute Gasteiger partial charge is 0.396 e. The maximum Gasteiger partial charge on any atom is 0.0739 e. The summed E-state index contributed by atoms with van der Waals surface area (Å²) in [5.41, 5.74) is 7.50. The van der Waals surface area contributed by atoms with E-state index in [1.165, 1.54) is 0 Å². The van der Waals surface area contributed by atoms with E-state index in [4.69, 9.17) is 22.1 Å². The van der Waals surface area contributed by atoms with Gasteiger partial charge >= 0.3 is 0 Å². The Balaban J connectivity index is 2.01. The summed E-state index contributed by atoms with van der Waals surface area (Å²) < 4.78 is 5.37. The van der Waals surface area contributed by atoms with Gasteiger partial charge in [0.2, 0.25) is 0 Å². The van der Waals surface area contributed by atoms with Crippen LogP contribution in [0.15, 0.2) is 18.2 Å². The molecule has 0 aliphatic carbocycles. The fraction of sp³-hybridized carbons (Fsp3) is 0.538. The number of rotatable bonds is 3. The molecule has 0 spiro atoms. The molecule has 1 fully saturated rings. The second kappa shape index (κ2) is 5.61. The fourth-order valence-electron chi connectivity index (χ4n) is 2.24. The van der Waals surface area contributed by atoms with E-state index in [2.05, 4.69) is 12.2 Å². The Kier molecular flexibility index (Phi) is 4.13. The van der Waals surface area contributed by atoms with Crippen LogP contribution >= 0.6 is 11.6 Å². The lowest BCUT2D eigenvalue weighted by Gasteiger charge is -2.29. The summed E-state index contributed by atoms with van der Waals surface area (Å²) >= 11 is 6.00. The smallest absolute Gasteiger partial charge is 0.0739 e. The summed E-state index contributed by atoms with van der Waals surface area (Å²) in [6.07, 6.45) is 2.21. The Morgan fingerprint density at radius 1 is 1.41 bits per heavy atom. The van der Waals surface area contributed by atoms with Crippen molar-refractivity contribution in [2.75, 3.05) is 24.3 Å². The molecule has 17 heavy (non-hydrogen) atoms. The summed E-state index contributed by atoms with van der Waals surface area (Å²) in [7, 11) is 0. The van der Waals surface area contributed by atoms with Crippen molar-refractivity contribution >= 4 is 23.0 Å². The van der Waals surface area contributed by atoms with E-state index in [1.54, 1.807) is 6.07 Å². The van der Waals surface area contributed by atoms with Crippen molar-refractivity contribution in [2.24, 2.45) is 5.92 Å². The van der Waals surface area contributed by atoms with E-state index in [1.807, 2.05) is 12.1 Å². The molecule has 1 atom stereocenters. The molecule has 0 saturated carbocycles. The van der Waals surface area contributed by atoms with Gasteiger partial charge in [0.1, 0.15) is 0 Å². The lowest BCUT2D eigenvalue weighted by atomic mass is 9.93. The molecule has 2 rings (SSSR count). The second-order valence-electron chi connectivity index (χ2n) is 4.58. The standard InChI is InChI=1S/C13H19ClN2O/c1-9(10-5-7-17-8-6-10)16-12-4-2-3-11(14)13(12)15/h2-4,9-10,16H,5-8,15H2,1H3. The van der Waals surface area contributed by atoms with Crippen LogP contribution in [0, 0.1) is 5.92 Å². The number of halogens is 1. The first-order valence-electron chi connectivity index (χ1n) is 6.06. The van der Waals surface area contributed by atoms with Gasteiger partial charge in [-0.25, -0.2) is 0 Å². The first kappa shape index (κ1) is 12.5.